The lowest BCUT2D eigenvalue weighted by Gasteiger charge is -2.21. The molecule has 1 aliphatic rings. The molecular weight excluding hydrogens is 443 g/mol. The molecule has 2 heterocycles. The summed E-state index contributed by atoms with van der Waals surface area (Å²) >= 11 is 3.40. The van der Waals surface area contributed by atoms with E-state index in [2.05, 4.69) is 31.0 Å². The van der Waals surface area contributed by atoms with Crippen molar-refractivity contribution < 1.29 is 27.8 Å². The van der Waals surface area contributed by atoms with Gasteiger partial charge >= 0.3 is 6.36 Å². The van der Waals surface area contributed by atoms with Crippen LogP contribution in [0.25, 0.3) is 0 Å². The summed E-state index contributed by atoms with van der Waals surface area (Å²) in [5, 5.41) is 12.7. The molecule has 0 spiro atoms. The Balaban J connectivity index is 1.67. The Labute approximate surface area is 167 Å². The molecule has 1 aromatic carbocycles. The van der Waals surface area contributed by atoms with Crippen molar-refractivity contribution >= 4 is 33.3 Å². The van der Waals surface area contributed by atoms with E-state index in [-0.39, 0.29) is 11.3 Å². The lowest BCUT2D eigenvalue weighted by Crippen LogP contribution is -2.30. The van der Waals surface area contributed by atoms with Gasteiger partial charge in [-0.2, -0.15) is 0 Å². The van der Waals surface area contributed by atoms with Crippen LogP contribution in [0.4, 0.5) is 24.7 Å². The number of ether oxygens (including phenoxy) is 1. The van der Waals surface area contributed by atoms with Crippen LogP contribution in [-0.2, 0) is 0 Å². The summed E-state index contributed by atoms with van der Waals surface area (Å²) in [6.45, 7) is 2.85. The van der Waals surface area contributed by atoms with Crippen LogP contribution in [0.1, 0.15) is 23.7 Å². The first kappa shape index (κ1) is 20.4. The predicted octanol–water partition coefficient (Wildman–Crippen LogP) is 3.96. The van der Waals surface area contributed by atoms with Crippen LogP contribution in [0, 0.1) is 0 Å². The molecule has 2 aromatic rings. The number of hydrogen-bond donors (Lipinski definition) is 2. The fourth-order valence-electron chi connectivity index (χ4n) is 2.86. The number of pyridine rings is 1. The van der Waals surface area contributed by atoms with Crippen LogP contribution in [0.3, 0.4) is 0 Å². The number of aliphatic hydroxyl groups is 1. The molecular formula is C18H17BrF3N3O3. The van der Waals surface area contributed by atoms with Crippen LogP contribution in [-0.4, -0.2) is 41.1 Å². The summed E-state index contributed by atoms with van der Waals surface area (Å²) in [5.74, 6) is -0.207. The van der Waals surface area contributed by atoms with Gasteiger partial charge in [-0.25, -0.2) is 4.98 Å². The Kier molecular flexibility index (Phi) is 5.53. The molecule has 3 rings (SSSR count). The van der Waals surface area contributed by atoms with Crippen LogP contribution >= 0.6 is 15.9 Å². The number of carbonyl (C=O) groups is 1. The number of rotatable bonds is 4. The summed E-state index contributed by atoms with van der Waals surface area (Å²) in [6, 6.07) is 6.44. The van der Waals surface area contributed by atoms with Gasteiger partial charge in [-0.15, -0.1) is 13.2 Å². The van der Waals surface area contributed by atoms with E-state index in [0.29, 0.717) is 35.5 Å². The number of halogens is 4. The number of amides is 1. The molecule has 1 amide bonds. The average molecular weight is 460 g/mol. The van der Waals surface area contributed by atoms with E-state index < -0.39 is 17.9 Å². The molecule has 0 unspecified atom stereocenters. The predicted molar refractivity (Wildman–Crippen MR) is 100 cm³/mol. The monoisotopic (exact) mass is 459 g/mol. The number of hydrogen-bond acceptors (Lipinski definition) is 5. The number of benzene rings is 1. The van der Waals surface area contributed by atoms with E-state index in [9.17, 15) is 23.1 Å². The van der Waals surface area contributed by atoms with Gasteiger partial charge < -0.3 is 20.1 Å². The second kappa shape index (κ2) is 7.59. The van der Waals surface area contributed by atoms with Crippen molar-refractivity contribution in [2.75, 3.05) is 23.3 Å². The maximum absolute atomic E-state index is 12.4. The van der Waals surface area contributed by atoms with E-state index in [4.69, 9.17) is 0 Å². The minimum absolute atomic E-state index is 0.275. The van der Waals surface area contributed by atoms with Crippen molar-refractivity contribution in [2.45, 2.75) is 25.3 Å². The first-order valence-corrected chi connectivity index (χ1v) is 9.12. The summed E-state index contributed by atoms with van der Waals surface area (Å²) < 4.78 is 40.9. The minimum Gasteiger partial charge on any atom is -0.406 e. The number of aromatic nitrogens is 1. The molecule has 1 atom stereocenters. The van der Waals surface area contributed by atoms with Gasteiger partial charge in [-0.1, -0.05) is 0 Å². The SMILES string of the molecule is C[C@]1(O)CCN(c2ncc(C(=O)Nc3ccc(OC(F)(F)F)cc3)cc2Br)C1. The molecule has 1 fully saturated rings. The van der Waals surface area contributed by atoms with Crippen LogP contribution in [0.5, 0.6) is 5.75 Å². The van der Waals surface area contributed by atoms with Crippen molar-refractivity contribution in [3.05, 3.63) is 46.6 Å². The highest BCUT2D eigenvalue weighted by Gasteiger charge is 2.33. The molecule has 1 aromatic heterocycles. The van der Waals surface area contributed by atoms with Gasteiger partial charge in [0.25, 0.3) is 5.91 Å². The van der Waals surface area contributed by atoms with Gasteiger partial charge in [-0.05, 0) is 59.6 Å². The first-order chi connectivity index (χ1) is 13.0. The van der Waals surface area contributed by atoms with E-state index in [0.717, 1.165) is 12.1 Å². The zero-order valence-electron chi connectivity index (χ0n) is 14.8. The molecule has 0 aliphatic carbocycles. The van der Waals surface area contributed by atoms with Crippen LogP contribution in [0.2, 0.25) is 0 Å². The summed E-state index contributed by atoms with van der Waals surface area (Å²) in [7, 11) is 0. The van der Waals surface area contributed by atoms with Gasteiger partial charge in [0.15, 0.2) is 0 Å². The smallest absolute Gasteiger partial charge is 0.406 e. The Morgan fingerprint density at radius 1 is 1.36 bits per heavy atom. The highest BCUT2D eigenvalue weighted by molar-refractivity contribution is 9.10. The van der Waals surface area contributed by atoms with Gasteiger partial charge in [-0.3, -0.25) is 4.79 Å². The minimum atomic E-state index is -4.77. The Morgan fingerprint density at radius 2 is 2.04 bits per heavy atom. The molecule has 0 radical (unpaired) electrons. The van der Waals surface area contributed by atoms with Gasteiger partial charge in [0.2, 0.25) is 0 Å². The lowest BCUT2D eigenvalue weighted by molar-refractivity contribution is -0.274. The first-order valence-electron chi connectivity index (χ1n) is 8.32. The van der Waals surface area contributed by atoms with E-state index >= 15 is 0 Å². The summed E-state index contributed by atoms with van der Waals surface area (Å²) in [5.41, 5.74) is -0.188. The second-order valence-electron chi connectivity index (χ2n) is 6.72. The van der Waals surface area contributed by atoms with Gasteiger partial charge in [0.05, 0.1) is 15.6 Å². The maximum Gasteiger partial charge on any atom is 0.573 e. The molecule has 1 aliphatic heterocycles. The largest absolute Gasteiger partial charge is 0.573 e. The zero-order chi connectivity index (χ0) is 20.5. The Hall–Kier alpha value is -2.33. The van der Waals surface area contributed by atoms with Crippen LogP contribution in [0.15, 0.2) is 41.0 Å². The third-order valence-corrected chi connectivity index (χ3v) is 4.76. The fraction of sp³-hybridized carbons (Fsp3) is 0.333. The number of β-amino-alcohol motifs (C(OH)–C–C–N with tert-alkyl or cyclic N) is 1. The number of nitrogens with zero attached hydrogens (tertiary/aromatic N) is 2. The van der Waals surface area contributed by atoms with Crippen molar-refractivity contribution in [1.29, 1.82) is 0 Å². The third kappa shape index (κ3) is 5.14. The third-order valence-electron chi connectivity index (χ3n) is 4.18. The highest BCUT2D eigenvalue weighted by Crippen LogP contribution is 2.31. The topological polar surface area (TPSA) is 74.7 Å². The molecule has 0 saturated carbocycles. The number of alkyl halides is 3. The fourth-order valence-corrected chi connectivity index (χ4v) is 3.46. The second-order valence-corrected chi connectivity index (χ2v) is 7.58. The normalized spacial score (nSPS) is 19.6. The zero-order valence-corrected chi connectivity index (χ0v) is 16.3. The van der Waals surface area contributed by atoms with Crippen molar-refractivity contribution in [3.63, 3.8) is 0 Å². The molecule has 1 saturated heterocycles. The Morgan fingerprint density at radius 3 is 2.57 bits per heavy atom. The van der Waals surface area contributed by atoms with Crippen molar-refractivity contribution in [2.24, 2.45) is 0 Å². The molecule has 2 N–H and O–H groups in total. The van der Waals surface area contributed by atoms with Crippen LogP contribution < -0.4 is 15.0 Å². The average Bonchev–Trinajstić information content (AvgIpc) is 2.95. The molecule has 6 nitrogen and oxygen atoms in total. The van der Waals surface area contributed by atoms with E-state index in [1.165, 1.54) is 18.3 Å². The van der Waals surface area contributed by atoms with E-state index in [1.54, 1.807) is 13.0 Å². The quantitative estimate of drug-likeness (QED) is 0.723. The van der Waals surface area contributed by atoms with Gasteiger partial charge in [0.1, 0.15) is 11.6 Å². The molecule has 28 heavy (non-hydrogen) atoms. The summed E-state index contributed by atoms with van der Waals surface area (Å²) in [6.07, 6.45) is -2.74. The maximum atomic E-state index is 12.4. The van der Waals surface area contributed by atoms with Crippen molar-refractivity contribution in [3.8, 4) is 5.75 Å². The number of anilines is 2. The van der Waals surface area contributed by atoms with Crippen molar-refractivity contribution in [1.82, 2.24) is 4.98 Å². The lowest BCUT2D eigenvalue weighted by atomic mass is 10.1. The number of nitrogens with one attached hydrogen (secondary N) is 1. The Bertz CT molecular complexity index is 873. The molecule has 0 bridgehead atoms. The van der Waals surface area contributed by atoms with Gasteiger partial charge in [0, 0.05) is 25.0 Å². The summed E-state index contributed by atoms with van der Waals surface area (Å²) in [4.78, 5) is 18.6. The standard InChI is InChI=1S/C18H17BrF3N3O3/c1-17(27)6-7-25(10-17)15-14(19)8-11(9-23-15)16(26)24-12-2-4-13(5-3-12)28-18(20,21)22/h2-5,8-9,27H,6-7,10H2,1H3,(H,24,26)/t17-/m0/s1. The van der Waals surface area contributed by atoms with E-state index in [1.807, 2.05) is 4.90 Å². The molecule has 10 heteroatoms. The molecule has 150 valence electrons. The number of carbonyl (C=O) groups excluding carboxylic acids is 1. The highest BCUT2D eigenvalue weighted by atomic mass is 79.9.